The molecule has 1 aromatic heterocycles. The molecule has 2 aromatic rings. The summed E-state index contributed by atoms with van der Waals surface area (Å²) in [5.74, 6) is 1.15. The lowest BCUT2D eigenvalue weighted by Gasteiger charge is -2.40. The highest BCUT2D eigenvalue weighted by atomic mass is 32.1. The van der Waals surface area contributed by atoms with E-state index in [9.17, 15) is 9.59 Å². The monoisotopic (exact) mass is 425 g/mol. The van der Waals surface area contributed by atoms with Gasteiger partial charge < -0.3 is 5.32 Å². The van der Waals surface area contributed by atoms with Crippen LogP contribution in [0.4, 0.5) is 5.69 Å². The number of aryl methyl sites for hydroxylation is 1. The fourth-order valence-corrected chi connectivity index (χ4v) is 4.57. The van der Waals surface area contributed by atoms with E-state index in [1.807, 2.05) is 47.5 Å². The number of benzene rings is 1. The van der Waals surface area contributed by atoms with Gasteiger partial charge in [0.1, 0.15) is 10.7 Å². The summed E-state index contributed by atoms with van der Waals surface area (Å²) in [6.07, 6.45) is 0.516. The Balaban J connectivity index is 1.40. The summed E-state index contributed by atoms with van der Waals surface area (Å²) in [6, 6.07) is 10.1. The number of hydrogen-bond donors (Lipinski definition) is 2. The van der Waals surface area contributed by atoms with Crippen molar-refractivity contribution in [1.29, 1.82) is 0 Å². The molecule has 0 radical (unpaired) electrons. The number of thiophene rings is 1. The number of nitrogens with zero attached hydrogens (tertiary/aromatic N) is 3. The maximum absolute atomic E-state index is 12.9. The minimum atomic E-state index is -0.326. The summed E-state index contributed by atoms with van der Waals surface area (Å²) < 4.78 is 0. The van der Waals surface area contributed by atoms with Crippen molar-refractivity contribution in [3.63, 3.8) is 0 Å². The molecule has 3 heterocycles. The number of fused-ring (bicyclic) bond motifs is 3. The Morgan fingerprint density at radius 1 is 1.27 bits per heavy atom. The highest BCUT2D eigenvalue weighted by Gasteiger charge is 2.43. The Hall–Kier alpha value is -2.87. The highest BCUT2D eigenvalue weighted by Crippen LogP contribution is 2.37. The predicted octanol–water partition coefficient (Wildman–Crippen LogP) is 3.27. The number of carbonyl (C=O) groups excluding carboxylic acids is 2. The van der Waals surface area contributed by atoms with E-state index < -0.39 is 0 Å². The summed E-state index contributed by atoms with van der Waals surface area (Å²) in [4.78, 5) is 29.9. The number of amidine groups is 1. The number of nitrogens with one attached hydrogen (secondary N) is 2. The predicted molar refractivity (Wildman–Crippen MR) is 119 cm³/mol. The molecule has 30 heavy (non-hydrogen) atoms. The Bertz CT molecular complexity index is 966. The van der Waals surface area contributed by atoms with E-state index >= 15 is 0 Å². The van der Waals surface area contributed by atoms with E-state index in [1.165, 1.54) is 16.9 Å². The van der Waals surface area contributed by atoms with Gasteiger partial charge in [-0.3, -0.25) is 24.8 Å². The van der Waals surface area contributed by atoms with E-state index in [4.69, 9.17) is 0 Å². The van der Waals surface area contributed by atoms with Crippen LogP contribution in [0, 0.1) is 12.8 Å². The van der Waals surface area contributed by atoms with E-state index in [0.29, 0.717) is 31.8 Å². The third-order valence-corrected chi connectivity index (χ3v) is 6.13. The second-order valence-corrected chi connectivity index (χ2v) is 9.07. The van der Waals surface area contributed by atoms with Crippen LogP contribution in [0.5, 0.6) is 0 Å². The van der Waals surface area contributed by atoms with Crippen molar-refractivity contribution in [2.45, 2.75) is 46.4 Å². The summed E-state index contributed by atoms with van der Waals surface area (Å²) in [5, 5.41) is 9.38. The van der Waals surface area contributed by atoms with Crippen LogP contribution in [0.3, 0.4) is 0 Å². The molecule has 7 nitrogen and oxygen atoms in total. The zero-order chi connectivity index (χ0) is 21.3. The van der Waals surface area contributed by atoms with E-state index in [2.05, 4.69) is 34.6 Å². The molecular weight excluding hydrogens is 398 g/mol. The molecule has 1 aromatic carbocycles. The zero-order valence-corrected chi connectivity index (χ0v) is 18.3. The third-order valence-electron chi connectivity index (χ3n) is 5.23. The number of carbonyl (C=O) groups is 2. The van der Waals surface area contributed by atoms with E-state index in [-0.39, 0.29) is 18.1 Å². The molecular formula is C22H27N5O2S. The van der Waals surface area contributed by atoms with Crippen molar-refractivity contribution in [2.75, 3.05) is 11.4 Å². The van der Waals surface area contributed by atoms with E-state index in [0.717, 1.165) is 22.0 Å². The van der Waals surface area contributed by atoms with Gasteiger partial charge in [0.25, 0.3) is 5.91 Å². The summed E-state index contributed by atoms with van der Waals surface area (Å²) in [7, 11) is 0. The van der Waals surface area contributed by atoms with Crippen LogP contribution in [-0.2, 0) is 11.3 Å². The highest BCUT2D eigenvalue weighted by molar-refractivity contribution is 7.12. The van der Waals surface area contributed by atoms with Crippen molar-refractivity contribution in [3.8, 4) is 0 Å². The fourth-order valence-electron chi connectivity index (χ4n) is 3.73. The van der Waals surface area contributed by atoms with Crippen LogP contribution in [0.1, 0.15) is 47.5 Å². The molecule has 2 N–H and O–H groups in total. The second kappa shape index (κ2) is 8.47. The lowest BCUT2D eigenvalue weighted by Crippen LogP contribution is -2.59. The van der Waals surface area contributed by atoms with Gasteiger partial charge in [0.2, 0.25) is 12.2 Å². The molecule has 2 aliphatic rings. The summed E-state index contributed by atoms with van der Waals surface area (Å²) in [5.41, 5.74) is 6.26. The maximum Gasteiger partial charge on any atom is 0.269 e. The molecule has 1 unspecified atom stereocenters. The number of hydrazone groups is 1. The molecule has 8 heteroatoms. The van der Waals surface area contributed by atoms with Crippen molar-refractivity contribution in [3.05, 3.63) is 51.7 Å². The van der Waals surface area contributed by atoms with Gasteiger partial charge in [0, 0.05) is 25.9 Å². The van der Waals surface area contributed by atoms with Crippen molar-refractivity contribution >= 4 is 34.7 Å². The molecule has 0 saturated heterocycles. The first-order valence-electron chi connectivity index (χ1n) is 10.3. The van der Waals surface area contributed by atoms with Gasteiger partial charge in [-0.1, -0.05) is 43.7 Å². The van der Waals surface area contributed by atoms with Gasteiger partial charge in [-0.15, -0.1) is 11.3 Å². The maximum atomic E-state index is 12.9. The molecule has 2 aliphatic heterocycles. The van der Waals surface area contributed by atoms with Gasteiger partial charge in [-0.2, -0.15) is 5.10 Å². The smallest absolute Gasteiger partial charge is 0.269 e. The van der Waals surface area contributed by atoms with Gasteiger partial charge in [0.05, 0.1) is 5.69 Å². The Labute approximate surface area is 180 Å². The average Bonchev–Trinajstić information content (AvgIpc) is 3.36. The van der Waals surface area contributed by atoms with Crippen LogP contribution in [0.25, 0.3) is 0 Å². The zero-order valence-electron chi connectivity index (χ0n) is 17.5. The van der Waals surface area contributed by atoms with Gasteiger partial charge >= 0.3 is 0 Å². The first-order valence-corrected chi connectivity index (χ1v) is 11.1. The number of hydrogen-bond acceptors (Lipinski definition) is 6. The second-order valence-electron chi connectivity index (χ2n) is 8.15. The molecule has 0 spiro atoms. The molecule has 2 amide bonds. The molecule has 0 aliphatic carbocycles. The topological polar surface area (TPSA) is 77.0 Å². The molecule has 0 saturated carbocycles. The summed E-state index contributed by atoms with van der Waals surface area (Å²) >= 11 is 1.45. The largest absolute Gasteiger partial charge is 0.352 e. The van der Waals surface area contributed by atoms with Gasteiger partial charge in [0.15, 0.2) is 0 Å². The Morgan fingerprint density at radius 3 is 2.77 bits per heavy atom. The van der Waals surface area contributed by atoms with Crippen LogP contribution in [0.2, 0.25) is 0 Å². The van der Waals surface area contributed by atoms with Crippen molar-refractivity contribution in [1.82, 2.24) is 15.6 Å². The van der Waals surface area contributed by atoms with Crippen LogP contribution < -0.4 is 15.6 Å². The number of rotatable bonds is 7. The molecule has 1 atom stereocenters. The molecule has 0 fully saturated rings. The lowest BCUT2D eigenvalue weighted by molar-refractivity contribution is -0.121. The SMILES string of the molecule is Cc1ccc(CNC(=O)CCC2=NNC3N(CC(C)C)C(=O)c4sccc4N23)cc1. The van der Waals surface area contributed by atoms with Gasteiger partial charge in [-0.25, -0.2) is 0 Å². The Morgan fingerprint density at radius 2 is 2.03 bits per heavy atom. The first kappa shape index (κ1) is 20.4. The van der Waals surface area contributed by atoms with Crippen LogP contribution in [-0.4, -0.2) is 35.4 Å². The quantitative estimate of drug-likeness (QED) is 0.714. The minimum Gasteiger partial charge on any atom is -0.352 e. The standard InChI is InChI=1S/C22H27N5O2S/c1-14(2)13-26-21(29)20-17(10-11-30-20)27-18(24-25-22(26)27)8-9-19(28)23-12-16-6-4-15(3)5-7-16/h4-7,10-11,14,22,25H,8-9,12-13H2,1-3H3,(H,23,28). The number of amides is 2. The first-order chi connectivity index (χ1) is 14.4. The minimum absolute atomic E-state index is 0.0145. The molecule has 4 rings (SSSR count). The summed E-state index contributed by atoms with van der Waals surface area (Å²) in [6.45, 7) is 7.39. The third kappa shape index (κ3) is 4.05. The fraction of sp³-hybridized carbons (Fsp3) is 0.409. The average molecular weight is 426 g/mol. The molecule has 158 valence electrons. The molecule has 0 bridgehead atoms. The van der Waals surface area contributed by atoms with Gasteiger partial charge in [-0.05, 0) is 29.9 Å². The Kier molecular flexibility index (Phi) is 5.76. The van der Waals surface area contributed by atoms with Crippen LogP contribution >= 0.6 is 11.3 Å². The van der Waals surface area contributed by atoms with Crippen molar-refractivity contribution in [2.24, 2.45) is 11.0 Å². The lowest BCUT2D eigenvalue weighted by atomic mass is 10.1. The van der Waals surface area contributed by atoms with Crippen molar-refractivity contribution < 1.29 is 9.59 Å². The van der Waals surface area contributed by atoms with E-state index in [1.54, 1.807) is 0 Å². The van der Waals surface area contributed by atoms with Crippen LogP contribution in [0.15, 0.2) is 40.8 Å². The normalized spacial score (nSPS) is 17.5. The number of anilines is 1.